The highest BCUT2D eigenvalue weighted by Crippen LogP contribution is 2.26. The lowest BCUT2D eigenvalue weighted by molar-refractivity contribution is -0.885. The third kappa shape index (κ3) is 4.55. The van der Waals surface area contributed by atoms with Gasteiger partial charge in [-0.3, -0.25) is 4.79 Å². The van der Waals surface area contributed by atoms with Crippen molar-refractivity contribution in [1.82, 2.24) is 0 Å². The number of rotatable bonds is 7. The van der Waals surface area contributed by atoms with Gasteiger partial charge in [0.25, 0.3) is 5.91 Å². The van der Waals surface area contributed by atoms with Crippen LogP contribution in [0.25, 0.3) is 11.0 Å². The van der Waals surface area contributed by atoms with Crippen LogP contribution in [0.5, 0.6) is 0 Å². The van der Waals surface area contributed by atoms with Crippen molar-refractivity contribution < 1.29 is 28.0 Å². The predicted octanol–water partition coefficient (Wildman–Crippen LogP) is 2.40. The number of esters is 1. The molecule has 0 saturated heterocycles. The Labute approximate surface area is 161 Å². The van der Waals surface area contributed by atoms with Crippen LogP contribution in [0, 0.1) is 5.82 Å². The Balaban J connectivity index is 1.75. The fraction of sp³-hybridized carbons (Fsp3) is 0.238. The van der Waals surface area contributed by atoms with Crippen LogP contribution >= 0.6 is 0 Å². The molecule has 6 nitrogen and oxygen atoms in total. The van der Waals surface area contributed by atoms with E-state index in [-0.39, 0.29) is 24.8 Å². The largest absolute Gasteiger partial charge is 0.460 e. The summed E-state index contributed by atoms with van der Waals surface area (Å²) >= 11 is 0. The lowest BCUT2D eigenvalue weighted by atomic mass is 10.1. The van der Waals surface area contributed by atoms with Gasteiger partial charge < -0.3 is 19.4 Å². The Hall–Kier alpha value is -3.19. The second kappa shape index (κ2) is 8.67. The summed E-state index contributed by atoms with van der Waals surface area (Å²) in [5.74, 6) is -1.03. The molecule has 1 atom stereocenters. The van der Waals surface area contributed by atoms with Crippen molar-refractivity contribution in [2.75, 3.05) is 25.5 Å². The number of ether oxygens (including phenoxy) is 1. The molecule has 0 fully saturated rings. The summed E-state index contributed by atoms with van der Waals surface area (Å²) in [5, 5.41) is 3.49. The molecule has 0 aliphatic carbocycles. The number of likely N-dealkylation sites (N-methyl/N-ethyl adjacent to an activating group) is 1. The quantitative estimate of drug-likeness (QED) is 0.613. The van der Waals surface area contributed by atoms with Gasteiger partial charge in [-0.1, -0.05) is 24.3 Å². The number of para-hydroxylation sites is 1. The number of halogens is 1. The lowest BCUT2D eigenvalue weighted by Crippen LogP contribution is -3.08. The monoisotopic (exact) mass is 385 g/mol. The SMILES string of the molecule is CCOC(=O)c1oc2ccccc2c1C[NH+](C)CC(=O)Nc1cccc(F)c1. The smallest absolute Gasteiger partial charge is 0.374 e. The minimum atomic E-state index is -0.522. The van der Waals surface area contributed by atoms with Crippen LogP contribution in [0.3, 0.4) is 0 Å². The fourth-order valence-corrected chi connectivity index (χ4v) is 3.05. The van der Waals surface area contributed by atoms with Gasteiger partial charge in [-0.15, -0.1) is 0 Å². The molecule has 0 radical (unpaired) electrons. The molecule has 0 aliphatic rings. The summed E-state index contributed by atoms with van der Waals surface area (Å²) in [6, 6.07) is 13.1. The minimum Gasteiger partial charge on any atom is -0.460 e. The van der Waals surface area contributed by atoms with Crippen LogP contribution < -0.4 is 10.2 Å². The van der Waals surface area contributed by atoms with E-state index in [0.717, 1.165) is 10.3 Å². The first kappa shape index (κ1) is 19.6. The second-order valence-electron chi connectivity index (χ2n) is 6.50. The van der Waals surface area contributed by atoms with Crippen molar-refractivity contribution in [3.63, 3.8) is 0 Å². The van der Waals surface area contributed by atoms with Crippen LogP contribution in [-0.2, 0) is 16.1 Å². The van der Waals surface area contributed by atoms with Gasteiger partial charge in [-0.25, -0.2) is 9.18 Å². The maximum atomic E-state index is 13.3. The molecule has 28 heavy (non-hydrogen) atoms. The van der Waals surface area contributed by atoms with Crippen molar-refractivity contribution in [3.8, 4) is 0 Å². The Kier molecular flexibility index (Phi) is 6.06. The van der Waals surface area contributed by atoms with E-state index in [2.05, 4.69) is 5.32 Å². The highest BCUT2D eigenvalue weighted by atomic mass is 19.1. The number of carbonyl (C=O) groups is 2. The third-order valence-electron chi connectivity index (χ3n) is 4.21. The highest BCUT2D eigenvalue weighted by molar-refractivity contribution is 5.96. The summed E-state index contributed by atoms with van der Waals surface area (Å²) in [6.45, 7) is 2.50. The number of benzene rings is 2. The Bertz CT molecular complexity index is 999. The van der Waals surface area contributed by atoms with Crippen molar-refractivity contribution >= 4 is 28.5 Å². The second-order valence-corrected chi connectivity index (χ2v) is 6.50. The highest BCUT2D eigenvalue weighted by Gasteiger charge is 2.24. The summed E-state index contributed by atoms with van der Waals surface area (Å²) in [6.07, 6.45) is 0. The average molecular weight is 385 g/mol. The predicted molar refractivity (Wildman–Crippen MR) is 103 cm³/mol. The molecule has 2 N–H and O–H groups in total. The number of anilines is 1. The summed E-state index contributed by atoms with van der Waals surface area (Å²) in [4.78, 5) is 25.4. The van der Waals surface area contributed by atoms with Crippen molar-refractivity contribution in [2.24, 2.45) is 0 Å². The van der Waals surface area contributed by atoms with Crippen LogP contribution in [0.4, 0.5) is 10.1 Å². The zero-order valence-electron chi connectivity index (χ0n) is 15.8. The van der Waals surface area contributed by atoms with E-state index in [4.69, 9.17) is 9.15 Å². The number of hydrogen-bond donors (Lipinski definition) is 2. The summed E-state index contributed by atoms with van der Waals surface area (Å²) < 4.78 is 24.0. The first-order chi connectivity index (χ1) is 13.5. The summed E-state index contributed by atoms with van der Waals surface area (Å²) in [5.41, 5.74) is 1.70. The van der Waals surface area contributed by atoms with Gasteiger partial charge >= 0.3 is 5.97 Å². The molecule has 0 saturated carbocycles. The van der Waals surface area contributed by atoms with E-state index in [1.165, 1.54) is 18.2 Å². The lowest BCUT2D eigenvalue weighted by Gasteiger charge is -2.14. The van der Waals surface area contributed by atoms with Gasteiger partial charge in [-0.2, -0.15) is 0 Å². The minimum absolute atomic E-state index is 0.137. The van der Waals surface area contributed by atoms with E-state index >= 15 is 0 Å². The molecule has 3 aromatic rings. The van der Waals surface area contributed by atoms with E-state index in [1.807, 2.05) is 25.2 Å². The molecule has 1 unspecified atom stereocenters. The molecule has 1 aromatic heterocycles. The first-order valence-electron chi connectivity index (χ1n) is 9.02. The molecule has 1 heterocycles. The van der Waals surface area contributed by atoms with Crippen molar-refractivity contribution in [2.45, 2.75) is 13.5 Å². The van der Waals surface area contributed by atoms with Crippen molar-refractivity contribution in [3.05, 3.63) is 65.7 Å². The van der Waals surface area contributed by atoms with E-state index in [9.17, 15) is 14.0 Å². The van der Waals surface area contributed by atoms with Crippen LogP contribution in [0.2, 0.25) is 0 Å². The third-order valence-corrected chi connectivity index (χ3v) is 4.21. The summed E-state index contributed by atoms with van der Waals surface area (Å²) in [7, 11) is 1.84. The molecule has 2 aromatic carbocycles. The number of fused-ring (bicyclic) bond motifs is 1. The van der Waals surface area contributed by atoms with Gasteiger partial charge in [0, 0.05) is 11.1 Å². The van der Waals surface area contributed by atoms with E-state index < -0.39 is 11.8 Å². The topological polar surface area (TPSA) is 73.0 Å². The zero-order valence-corrected chi connectivity index (χ0v) is 15.8. The molecule has 146 valence electrons. The molecule has 0 bridgehead atoms. The van der Waals surface area contributed by atoms with Gasteiger partial charge in [0.2, 0.25) is 5.76 Å². The molecule has 0 aliphatic heterocycles. The van der Waals surface area contributed by atoms with Gasteiger partial charge in [-0.05, 0) is 31.2 Å². The number of furan rings is 1. The molecular formula is C21H22FN2O4+. The van der Waals surface area contributed by atoms with E-state index in [1.54, 1.807) is 19.1 Å². The van der Waals surface area contributed by atoms with Gasteiger partial charge in [0.05, 0.1) is 19.2 Å². The molecule has 7 heteroatoms. The van der Waals surface area contributed by atoms with Crippen molar-refractivity contribution in [1.29, 1.82) is 0 Å². The molecule has 3 rings (SSSR count). The Morgan fingerprint density at radius 2 is 1.96 bits per heavy atom. The normalized spacial score (nSPS) is 12.0. The first-order valence-corrected chi connectivity index (χ1v) is 9.02. The average Bonchev–Trinajstić information content (AvgIpc) is 3.00. The molecule has 1 amide bonds. The Morgan fingerprint density at radius 1 is 1.18 bits per heavy atom. The Morgan fingerprint density at radius 3 is 2.71 bits per heavy atom. The number of nitrogens with one attached hydrogen (secondary N) is 2. The maximum Gasteiger partial charge on any atom is 0.374 e. The number of hydrogen-bond acceptors (Lipinski definition) is 4. The van der Waals surface area contributed by atoms with Crippen LogP contribution in [0.15, 0.2) is 52.9 Å². The zero-order chi connectivity index (χ0) is 20.1. The standard InChI is InChI=1S/C21H21FN2O4/c1-3-27-21(26)20-17(16-9-4-5-10-18(16)28-20)12-24(2)13-19(25)23-15-8-6-7-14(22)11-15/h4-11H,3,12-13H2,1-2H3,(H,23,25)/p+1. The molecule has 0 spiro atoms. The van der Waals surface area contributed by atoms with Crippen LogP contribution in [-0.4, -0.2) is 32.1 Å². The van der Waals surface area contributed by atoms with Gasteiger partial charge in [0.15, 0.2) is 6.54 Å². The van der Waals surface area contributed by atoms with E-state index in [0.29, 0.717) is 23.4 Å². The number of carbonyl (C=O) groups excluding carboxylic acids is 2. The number of quaternary nitrogens is 1. The van der Waals surface area contributed by atoms with Crippen LogP contribution in [0.1, 0.15) is 23.0 Å². The number of amides is 1. The maximum absolute atomic E-state index is 13.3. The van der Waals surface area contributed by atoms with Gasteiger partial charge in [0.1, 0.15) is 17.9 Å². The fourth-order valence-electron chi connectivity index (χ4n) is 3.05. The molecular weight excluding hydrogens is 363 g/mol.